The molecule has 0 atom stereocenters. The summed E-state index contributed by atoms with van der Waals surface area (Å²) in [5.41, 5.74) is 14.9. The molecule has 7 aromatic carbocycles. The summed E-state index contributed by atoms with van der Waals surface area (Å²) in [5, 5.41) is 5.10. The molecule has 0 aliphatic heterocycles. The van der Waals surface area contributed by atoms with E-state index in [0.29, 0.717) is 0 Å². The molecule has 0 aliphatic carbocycles. The van der Waals surface area contributed by atoms with Crippen molar-refractivity contribution in [2.45, 2.75) is 13.8 Å². The average molecular weight is 589 g/mol. The maximum Gasteiger partial charge on any atom is 0.0541 e. The first-order valence-corrected chi connectivity index (χ1v) is 15.9. The Hall–Kier alpha value is -5.86. The number of nitrogens with zero attached hydrogens (tertiary/aromatic N) is 2. The summed E-state index contributed by atoms with van der Waals surface area (Å²) in [6, 6.07) is 57.4. The van der Waals surface area contributed by atoms with Crippen LogP contribution in [0.3, 0.4) is 0 Å². The summed E-state index contributed by atoms with van der Waals surface area (Å²) in [5.74, 6) is 0. The summed E-state index contributed by atoms with van der Waals surface area (Å²) in [6.07, 6.45) is 0. The van der Waals surface area contributed by atoms with Crippen LogP contribution in [0.4, 0.5) is 0 Å². The molecule has 2 nitrogen and oxygen atoms in total. The SMILES string of the molecule is Cc1cc(-c2ccc3c(c2)c2ccccc2n3-c2ccccc2)c(C)cc1-c1ccc2c(c1)c1ccccc1n2-c1ccccc1. The molecule has 218 valence electrons. The van der Waals surface area contributed by atoms with Crippen molar-refractivity contribution in [2.24, 2.45) is 0 Å². The molecule has 9 aromatic rings. The van der Waals surface area contributed by atoms with E-state index in [9.17, 15) is 0 Å². The van der Waals surface area contributed by atoms with Gasteiger partial charge in [-0.2, -0.15) is 0 Å². The monoisotopic (exact) mass is 588 g/mol. The number of hydrogen-bond donors (Lipinski definition) is 0. The average Bonchev–Trinajstić information content (AvgIpc) is 3.62. The second-order valence-electron chi connectivity index (χ2n) is 12.3. The Balaban J connectivity index is 1.18. The molecule has 9 rings (SSSR count). The highest BCUT2D eigenvalue weighted by molar-refractivity contribution is 6.11. The smallest absolute Gasteiger partial charge is 0.0541 e. The van der Waals surface area contributed by atoms with Crippen LogP contribution in [0.1, 0.15) is 11.1 Å². The van der Waals surface area contributed by atoms with Crippen LogP contribution in [0.2, 0.25) is 0 Å². The zero-order valence-electron chi connectivity index (χ0n) is 25.9. The van der Waals surface area contributed by atoms with Crippen molar-refractivity contribution in [3.8, 4) is 33.6 Å². The Bertz CT molecular complexity index is 2400. The lowest BCUT2D eigenvalue weighted by Gasteiger charge is -2.14. The Kier molecular flexibility index (Phi) is 5.97. The first-order valence-electron chi connectivity index (χ1n) is 15.9. The molecule has 0 saturated carbocycles. The van der Waals surface area contributed by atoms with Crippen LogP contribution in [-0.4, -0.2) is 9.13 Å². The zero-order valence-corrected chi connectivity index (χ0v) is 25.9. The first kappa shape index (κ1) is 26.5. The fourth-order valence-corrected chi connectivity index (χ4v) is 7.43. The lowest BCUT2D eigenvalue weighted by Crippen LogP contribution is -1.94. The van der Waals surface area contributed by atoms with Gasteiger partial charge >= 0.3 is 0 Å². The number of rotatable bonds is 4. The summed E-state index contributed by atoms with van der Waals surface area (Å²) >= 11 is 0. The van der Waals surface area contributed by atoms with Crippen molar-refractivity contribution >= 4 is 43.6 Å². The van der Waals surface area contributed by atoms with Crippen molar-refractivity contribution in [3.05, 3.63) is 169 Å². The minimum Gasteiger partial charge on any atom is -0.309 e. The van der Waals surface area contributed by atoms with Crippen LogP contribution < -0.4 is 0 Å². The third kappa shape index (κ3) is 4.04. The Morgan fingerprint density at radius 3 is 1.13 bits per heavy atom. The van der Waals surface area contributed by atoms with E-state index in [-0.39, 0.29) is 0 Å². The van der Waals surface area contributed by atoms with Crippen molar-refractivity contribution in [1.29, 1.82) is 0 Å². The van der Waals surface area contributed by atoms with Gasteiger partial charge in [-0.05, 0) is 108 Å². The van der Waals surface area contributed by atoms with Gasteiger partial charge in [-0.3, -0.25) is 0 Å². The highest BCUT2D eigenvalue weighted by Gasteiger charge is 2.17. The molecule has 2 aromatic heterocycles. The molecule has 0 aliphatic rings. The number of aryl methyl sites for hydroxylation is 2. The predicted octanol–water partition coefficient (Wildman–Crippen LogP) is 11.8. The van der Waals surface area contributed by atoms with Gasteiger partial charge in [0, 0.05) is 32.9 Å². The van der Waals surface area contributed by atoms with E-state index in [1.807, 2.05) is 0 Å². The van der Waals surface area contributed by atoms with Crippen molar-refractivity contribution < 1.29 is 0 Å². The number of fused-ring (bicyclic) bond motifs is 6. The Morgan fingerprint density at radius 1 is 0.326 bits per heavy atom. The van der Waals surface area contributed by atoms with Crippen LogP contribution >= 0.6 is 0 Å². The van der Waals surface area contributed by atoms with Crippen molar-refractivity contribution in [3.63, 3.8) is 0 Å². The highest BCUT2D eigenvalue weighted by atomic mass is 15.0. The molecule has 0 N–H and O–H groups in total. The molecule has 0 unspecified atom stereocenters. The van der Waals surface area contributed by atoms with Crippen molar-refractivity contribution in [2.75, 3.05) is 0 Å². The molecular formula is C44H32N2. The molecule has 0 radical (unpaired) electrons. The zero-order chi connectivity index (χ0) is 30.8. The third-order valence-electron chi connectivity index (χ3n) is 9.57. The molecule has 0 amide bonds. The van der Waals surface area contributed by atoms with E-state index in [0.717, 1.165) is 0 Å². The van der Waals surface area contributed by atoms with E-state index in [2.05, 4.69) is 181 Å². The maximum absolute atomic E-state index is 2.38. The van der Waals surface area contributed by atoms with E-state index in [1.165, 1.54) is 88.4 Å². The molecule has 2 heterocycles. The third-order valence-corrected chi connectivity index (χ3v) is 9.57. The van der Waals surface area contributed by atoms with Gasteiger partial charge in [0.25, 0.3) is 0 Å². The summed E-state index contributed by atoms with van der Waals surface area (Å²) in [6.45, 7) is 4.49. The van der Waals surface area contributed by atoms with Crippen LogP contribution in [0.25, 0.3) is 77.2 Å². The molecule has 0 fully saturated rings. The fraction of sp³-hybridized carbons (Fsp3) is 0.0455. The molecule has 2 heteroatoms. The van der Waals surface area contributed by atoms with Gasteiger partial charge in [0.1, 0.15) is 0 Å². The predicted molar refractivity (Wildman–Crippen MR) is 195 cm³/mol. The van der Waals surface area contributed by atoms with E-state index in [1.54, 1.807) is 0 Å². The van der Waals surface area contributed by atoms with Crippen LogP contribution in [0, 0.1) is 13.8 Å². The molecule has 46 heavy (non-hydrogen) atoms. The second-order valence-corrected chi connectivity index (χ2v) is 12.3. The standard InChI is InChI=1S/C44H32N2/c1-29-25-38(32-22-24-44-40(28-32)36-18-10-12-20-42(36)46(44)34-15-7-4-8-16-34)30(2)26-37(29)31-21-23-43-39(27-31)35-17-9-11-19-41(35)45(43)33-13-5-3-6-14-33/h3-28H,1-2H3. The van der Waals surface area contributed by atoms with Crippen molar-refractivity contribution in [1.82, 2.24) is 9.13 Å². The lowest BCUT2D eigenvalue weighted by atomic mass is 9.91. The van der Waals surface area contributed by atoms with E-state index < -0.39 is 0 Å². The number of hydrogen-bond acceptors (Lipinski definition) is 0. The number of benzene rings is 7. The maximum atomic E-state index is 2.38. The largest absolute Gasteiger partial charge is 0.309 e. The van der Waals surface area contributed by atoms with Gasteiger partial charge in [-0.15, -0.1) is 0 Å². The van der Waals surface area contributed by atoms with Gasteiger partial charge in [0.2, 0.25) is 0 Å². The molecular weight excluding hydrogens is 556 g/mol. The highest BCUT2D eigenvalue weighted by Crippen LogP contribution is 2.39. The topological polar surface area (TPSA) is 9.86 Å². The van der Waals surface area contributed by atoms with Crippen LogP contribution in [-0.2, 0) is 0 Å². The van der Waals surface area contributed by atoms with Gasteiger partial charge in [-0.25, -0.2) is 0 Å². The number of para-hydroxylation sites is 4. The number of aromatic nitrogens is 2. The molecule has 0 bridgehead atoms. The van der Waals surface area contributed by atoms with E-state index in [4.69, 9.17) is 0 Å². The van der Waals surface area contributed by atoms with Crippen LogP contribution in [0.5, 0.6) is 0 Å². The minimum atomic E-state index is 1.18. The second kappa shape index (κ2) is 10.4. The lowest BCUT2D eigenvalue weighted by molar-refractivity contribution is 1.18. The first-order chi connectivity index (χ1) is 22.7. The summed E-state index contributed by atoms with van der Waals surface area (Å²) in [7, 11) is 0. The summed E-state index contributed by atoms with van der Waals surface area (Å²) in [4.78, 5) is 0. The minimum absolute atomic E-state index is 1.18. The van der Waals surface area contributed by atoms with Gasteiger partial charge in [0.05, 0.1) is 22.1 Å². The molecule has 0 saturated heterocycles. The van der Waals surface area contributed by atoms with E-state index >= 15 is 0 Å². The Morgan fingerprint density at radius 2 is 0.696 bits per heavy atom. The van der Waals surface area contributed by atoms with Gasteiger partial charge < -0.3 is 9.13 Å². The van der Waals surface area contributed by atoms with Crippen LogP contribution in [0.15, 0.2) is 158 Å². The normalized spacial score (nSPS) is 11.7. The van der Waals surface area contributed by atoms with Gasteiger partial charge in [-0.1, -0.05) is 97.1 Å². The fourth-order valence-electron chi connectivity index (χ4n) is 7.43. The quantitative estimate of drug-likeness (QED) is 0.194. The Labute approximate surface area is 268 Å². The molecule has 0 spiro atoms. The summed E-state index contributed by atoms with van der Waals surface area (Å²) < 4.78 is 4.75. The van der Waals surface area contributed by atoms with Gasteiger partial charge in [0.15, 0.2) is 0 Å².